The molecule has 0 unspecified atom stereocenters. The lowest BCUT2D eigenvalue weighted by Gasteiger charge is -2.30. The van der Waals surface area contributed by atoms with Crippen molar-refractivity contribution in [3.63, 3.8) is 0 Å². The number of hydrogen-bond acceptors (Lipinski definition) is 4. The van der Waals surface area contributed by atoms with E-state index in [2.05, 4.69) is 45.2 Å². The Morgan fingerprint density at radius 3 is 2.65 bits per heavy atom. The molecule has 1 aromatic rings. The van der Waals surface area contributed by atoms with E-state index in [1.165, 1.54) is 5.56 Å². The zero-order valence-corrected chi connectivity index (χ0v) is 14.1. The number of nitrogens with one attached hydrogen (secondary N) is 1. The lowest BCUT2D eigenvalue weighted by atomic mass is 10.1. The molecule has 1 saturated heterocycles. The SMILES string of the molecule is CCCNCc1cc(Br)ccc1N1CCS(=O)(=O)CC1. The Kier molecular flexibility index (Phi) is 5.46. The molecule has 112 valence electrons. The van der Waals surface area contributed by atoms with Crippen molar-refractivity contribution < 1.29 is 8.42 Å². The molecule has 1 aliphatic heterocycles. The Bertz CT molecular complexity index is 546. The van der Waals surface area contributed by atoms with Crippen LogP contribution in [0.4, 0.5) is 5.69 Å². The number of anilines is 1. The van der Waals surface area contributed by atoms with Crippen LogP contribution in [0.15, 0.2) is 22.7 Å². The van der Waals surface area contributed by atoms with Crippen molar-refractivity contribution in [2.45, 2.75) is 19.9 Å². The maximum atomic E-state index is 11.5. The lowest BCUT2D eigenvalue weighted by Crippen LogP contribution is -2.40. The van der Waals surface area contributed by atoms with Crippen molar-refractivity contribution in [2.75, 3.05) is 36.0 Å². The van der Waals surface area contributed by atoms with E-state index < -0.39 is 9.84 Å². The topological polar surface area (TPSA) is 49.4 Å². The van der Waals surface area contributed by atoms with Crippen molar-refractivity contribution >= 4 is 31.5 Å². The van der Waals surface area contributed by atoms with Crippen LogP contribution in [-0.4, -0.2) is 39.6 Å². The number of nitrogens with zero attached hydrogens (tertiary/aromatic N) is 1. The van der Waals surface area contributed by atoms with Crippen LogP contribution in [0.3, 0.4) is 0 Å². The third-order valence-electron chi connectivity index (χ3n) is 3.47. The van der Waals surface area contributed by atoms with E-state index in [1.807, 2.05) is 6.07 Å². The quantitative estimate of drug-likeness (QED) is 0.817. The van der Waals surface area contributed by atoms with Gasteiger partial charge in [0, 0.05) is 29.8 Å². The van der Waals surface area contributed by atoms with E-state index in [0.29, 0.717) is 13.1 Å². The molecule has 0 bridgehead atoms. The first-order valence-corrected chi connectivity index (χ1v) is 9.58. The van der Waals surface area contributed by atoms with Gasteiger partial charge in [0.25, 0.3) is 0 Å². The minimum atomic E-state index is -2.83. The lowest BCUT2D eigenvalue weighted by molar-refractivity contribution is 0.586. The predicted molar refractivity (Wildman–Crippen MR) is 87.0 cm³/mol. The molecular formula is C14H21BrN2O2S. The van der Waals surface area contributed by atoms with E-state index >= 15 is 0 Å². The highest BCUT2D eigenvalue weighted by Crippen LogP contribution is 2.26. The van der Waals surface area contributed by atoms with Gasteiger partial charge in [0.2, 0.25) is 0 Å². The van der Waals surface area contributed by atoms with Gasteiger partial charge in [-0.3, -0.25) is 0 Å². The van der Waals surface area contributed by atoms with E-state index in [1.54, 1.807) is 0 Å². The molecule has 1 heterocycles. The molecule has 0 aliphatic carbocycles. The fourth-order valence-electron chi connectivity index (χ4n) is 2.36. The van der Waals surface area contributed by atoms with Crippen LogP contribution in [0.1, 0.15) is 18.9 Å². The zero-order valence-electron chi connectivity index (χ0n) is 11.7. The van der Waals surface area contributed by atoms with Crippen LogP contribution in [0, 0.1) is 0 Å². The summed E-state index contributed by atoms with van der Waals surface area (Å²) in [7, 11) is -2.83. The normalized spacial score (nSPS) is 18.2. The number of rotatable bonds is 5. The van der Waals surface area contributed by atoms with Gasteiger partial charge in [-0.1, -0.05) is 22.9 Å². The van der Waals surface area contributed by atoms with Gasteiger partial charge in [-0.15, -0.1) is 0 Å². The molecule has 1 N–H and O–H groups in total. The molecule has 6 heteroatoms. The van der Waals surface area contributed by atoms with E-state index in [-0.39, 0.29) is 11.5 Å². The van der Waals surface area contributed by atoms with Crippen molar-refractivity contribution in [2.24, 2.45) is 0 Å². The van der Waals surface area contributed by atoms with Crippen LogP contribution in [0.5, 0.6) is 0 Å². The summed E-state index contributed by atoms with van der Waals surface area (Å²) in [6.07, 6.45) is 1.10. The van der Waals surface area contributed by atoms with Crippen LogP contribution in [-0.2, 0) is 16.4 Å². The van der Waals surface area contributed by atoms with Gasteiger partial charge in [0.05, 0.1) is 11.5 Å². The number of sulfone groups is 1. The van der Waals surface area contributed by atoms with Crippen molar-refractivity contribution in [3.8, 4) is 0 Å². The Hall–Kier alpha value is -0.590. The Morgan fingerprint density at radius 1 is 1.30 bits per heavy atom. The first kappa shape index (κ1) is 15.8. The highest BCUT2D eigenvalue weighted by molar-refractivity contribution is 9.10. The summed E-state index contributed by atoms with van der Waals surface area (Å²) in [4.78, 5) is 2.18. The van der Waals surface area contributed by atoms with Gasteiger partial charge in [-0.25, -0.2) is 8.42 Å². The van der Waals surface area contributed by atoms with E-state index in [0.717, 1.165) is 29.7 Å². The van der Waals surface area contributed by atoms with Crippen LogP contribution in [0.25, 0.3) is 0 Å². The highest BCUT2D eigenvalue weighted by atomic mass is 79.9. The molecule has 0 amide bonds. The third kappa shape index (κ3) is 4.20. The molecule has 2 rings (SSSR count). The van der Waals surface area contributed by atoms with Crippen LogP contribution < -0.4 is 10.2 Å². The monoisotopic (exact) mass is 360 g/mol. The van der Waals surface area contributed by atoms with Gasteiger partial charge < -0.3 is 10.2 Å². The molecule has 1 aromatic carbocycles. The van der Waals surface area contributed by atoms with E-state index in [4.69, 9.17) is 0 Å². The molecule has 4 nitrogen and oxygen atoms in total. The van der Waals surface area contributed by atoms with Gasteiger partial charge in [0.15, 0.2) is 9.84 Å². The summed E-state index contributed by atoms with van der Waals surface area (Å²) in [6.45, 7) is 5.12. The second-order valence-electron chi connectivity index (χ2n) is 5.09. The second-order valence-corrected chi connectivity index (χ2v) is 8.31. The van der Waals surface area contributed by atoms with Gasteiger partial charge in [-0.05, 0) is 36.7 Å². The number of benzene rings is 1. The fourth-order valence-corrected chi connectivity index (χ4v) is 3.97. The van der Waals surface area contributed by atoms with Crippen molar-refractivity contribution in [1.82, 2.24) is 5.32 Å². The standard InChI is InChI=1S/C14H21BrN2O2S/c1-2-5-16-11-12-10-13(15)3-4-14(12)17-6-8-20(18,19)9-7-17/h3-4,10,16H,2,5-9,11H2,1H3. The summed E-state index contributed by atoms with van der Waals surface area (Å²) in [6, 6.07) is 6.20. The summed E-state index contributed by atoms with van der Waals surface area (Å²) in [5.74, 6) is 0.510. The average Bonchev–Trinajstić information content (AvgIpc) is 2.40. The summed E-state index contributed by atoms with van der Waals surface area (Å²) in [5, 5.41) is 3.41. The molecule has 0 aromatic heterocycles. The summed E-state index contributed by atoms with van der Waals surface area (Å²) in [5.41, 5.74) is 2.36. The van der Waals surface area contributed by atoms with E-state index in [9.17, 15) is 8.42 Å². The Labute approximate surface area is 129 Å². The largest absolute Gasteiger partial charge is 0.369 e. The summed E-state index contributed by atoms with van der Waals surface area (Å²) < 4.78 is 24.1. The number of halogens is 1. The van der Waals surface area contributed by atoms with Gasteiger partial charge in [0.1, 0.15) is 0 Å². The molecule has 0 spiro atoms. The number of hydrogen-bond donors (Lipinski definition) is 1. The van der Waals surface area contributed by atoms with Gasteiger partial charge in [-0.2, -0.15) is 0 Å². The minimum Gasteiger partial charge on any atom is -0.369 e. The van der Waals surface area contributed by atoms with Crippen molar-refractivity contribution in [1.29, 1.82) is 0 Å². The maximum Gasteiger partial charge on any atom is 0.153 e. The first-order chi connectivity index (χ1) is 9.52. The zero-order chi connectivity index (χ0) is 14.6. The minimum absolute atomic E-state index is 0.255. The first-order valence-electron chi connectivity index (χ1n) is 6.96. The molecule has 20 heavy (non-hydrogen) atoms. The Balaban J connectivity index is 2.14. The molecule has 0 atom stereocenters. The molecule has 1 aliphatic rings. The second kappa shape index (κ2) is 6.91. The predicted octanol–water partition coefficient (Wildman–Crippen LogP) is 2.18. The molecule has 0 saturated carbocycles. The summed E-state index contributed by atoms with van der Waals surface area (Å²) >= 11 is 3.51. The highest BCUT2D eigenvalue weighted by Gasteiger charge is 2.23. The Morgan fingerprint density at radius 2 is 2.00 bits per heavy atom. The van der Waals surface area contributed by atoms with Crippen LogP contribution in [0.2, 0.25) is 0 Å². The van der Waals surface area contributed by atoms with Crippen LogP contribution >= 0.6 is 15.9 Å². The maximum absolute atomic E-state index is 11.5. The molecule has 1 fully saturated rings. The third-order valence-corrected chi connectivity index (χ3v) is 5.57. The average molecular weight is 361 g/mol. The fraction of sp³-hybridized carbons (Fsp3) is 0.571. The van der Waals surface area contributed by atoms with Gasteiger partial charge >= 0.3 is 0 Å². The smallest absolute Gasteiger partial charge is 0.153 e. The molecular weight excluding hydrogens is 340 g/mol. The molecule has 0 radical (unpaired) electrons. The van der Waals surface area contributed by atoms with Crippen molar-refractivity contribution in [3.05, 3.63) is 28.2 Å².